The van der Waals surface area contributed by atoms with Crippen molar-refractivity contribution in [3.05, 3.63) is 58.4 Å². The van der Waals surface area contributed by atoms with E-state index in [0.717, 1.165) is 44.8 Å². The van der Waals surface area contributed by atoms with E-state index in [4.69, 9.17) is 9.47 Å². The molecule has 4 rings (SSSR count). The minimum Gasteiger partial charge on any atom is -0.497 e. The number of benzene rings is 1. The molecular formula is C21H26O2. The summed E-state index contributed by atoms with van der Waals surface area (Å²) in [5.41, 5.74) is 6.45. The smallest absolute Gasteiger partial charge is 0.0975 e. The highest BCUT2D eigenvalue weighted by Crippen LogP contribution is 2.45. The highest BCUT2D eigenvalue weighted by molar-refractivity contribution is 5.46. The van der Waals surface area contributed by atoms with Gasteiger partial charge in [0, 0.05) is 17.3 Å². The molecule has 2 nitrogen and oxygen atoms in total. The number of allylic oxidation sites excluding steroid dienone is 3. The maximum absolute atomic E-state index is 6.21. The molecule has 0 N–H and O–H groups in total. The number of hydrogen-bond acceptors (Lipinski definition) is 2. The highest BCUT2D eigenvalue weighted by Gasteiger charge is 2.36. The number of hydrogen-bond donors (Lipinski definition) is 0. The molecular weight excluding hydrogens is 284 g/mol. The normalized spacial score (nSPS) is 24.2. The molecule has 122 valence electrons. The third kappa shape index (κ3) is 2.74. The molecule has 0 bridgehead atoms. The van der Waals surface area contributed by atoms with Gasteiger partial charge in [-0.3, -0.25) is 0 Å². The second-order valence-electron chi connectivity index (χ2n) is 8.31. The Kier molecular flexibility index (Phi) is 3.42. The number of ether oxygens (including phenoxy) is 2. The fourth-order valence-corrected chi connectivity index (χ4v) is 4.05. The molecule has 23 heavy (non-hydrogen) atoms. The Morgan fingerprint density at radius 1 is 1.00 bits per heavy atom. The zero-order valence-corrected chi connectivity index (χ0v) is 14.4. The maximum atomic E-state index is 6.21. The van der Waals surface area contributed by atoms with Crippen molar-refractivity contribution in [2.75, 3.05) is 19.8 Å². The van der Waals surface area contributed by atoms with Crippen molar-refractivity contribution in [2.24, 2.45) is 10.8 Å². The summed E-state index contributed by atoms with van der Waals surface area (Å²) in [4.78, 5) is 0. The van der Waals surface area contributed by atoms with Crippen molar-refractivity contribution in [3.63, 3.8) is 0 Å². The quantitative estimate of drug-likeness (QED) is 0.768. The Labute approximate surface area is 139 Å². The molecule has 0 atom stereocenters. The highest BCUT2D eigenvalue weighted by atomic mass is 16.5. The first kappa shape index (κ1) is 15.0. The largest absolute Gasteiger partial charge is 0.497 e. The first-order chi connectivity index (χ1) is 11.0. The molecule has 2 heteroatoms. The molecule has 3 aliphatic rings. The van der Waals surface area contributed by atoms with Crippen LogP contribution in [0.3, 0.4) is 0 Å². The van der Waals surface area contributed by atoms with Crippen LogP contribution in [-0.4, -0.2) is 19.8 Å². The van der Waals surface area contributed by atoms with Crippen LogP contribution in [0.5, 0.6) is 0 Å². The minimum atomic E-state index is 0.0907. The Hall–Kier alpha value is -1.54. The van der Waals surface area contributed by atoms with Crippen LogP contribution in [0.1, 0.15) is 38.3 Å². The molecule has 2 aliphatic carbocycles. The van der Waals surface area contributed by atoms with Crippen LogP contribution in [-0.2, 0) is 22.3 Å². The van der Waals surface area contributed by atoms with Gasteiger partial charge in [-0.25, -0.2) is 0 Å². The Balaban J connectivity index is 1.53. The molecule has 0 amide bonds. The summed E-state index contributed by atoms with van der Waals surface area (Å²) in [6.45, 7) is 9.32. The fourth-order valence-electron chi connectivity index (χ4n) is 4.05. The molecule has 0 spiro atoms. The van der Waals surface area contributed by atoms with Gasteiger partial charge in [0.2, 0.25) is 0 Å². The molecule has 0 aromatic heterocycles. The number of rotatable bonds is 3. The first-order valence-corrected chi connectivity index (χ1v) is 8.66. The lowest BCUT2D eigenvalue weighted by Gasteiger charge is -2.40. The van der Waals surface area contributed by atoms with Crippen LogP contribution in [0.4, 0.5) is 0 Å². The summed E-state index contributed by atoms with van der Waals surface area (Å²) in [7, 11) is 0. The predicted octanol–water partition coefficient (Wildman–Crippen LogP) is 4.45. The van der Waals surface area contributed by atoms with E-state index >= 15 is 0 Å². The van der Waals surface area contributed by atoms with E-state index in [2.05, 4.69) is 51.1 Å². The maximum Gasteiger partial charge on any atom is 0.0975 e. The molecule has 1 aromatic carbocycles. The Morgan fingerprint density at radius 2 is 1.70 bits per heavy atom. The van der Waals surface area contributed by atoms with E-state index in [9.17, 15) is 0 Å². The Morgan fingerprint density at radius 3 is 2.35 bits per heavy atom. The molecule has 0 radical (unpaired) electrons. The third-order valence-corrected chi connectivity index (χ3v) is 5.51. The number of fused-ring (bicyclic) bond motifs is 1. The van der Waals surface area contributed by atoms with Crippen molar-refractivity contribution in [1.29, 1.82) is 0 Å². The Bertz CT molecular complexity index is 690. The average molecular weight is 310 g/mol. The second kappa shape index (κ2) is 5.24. The van der Waals surface area contributed by atoms with Crippen LogP contribution in [0.2, 0.25) is 0 Å². The lowest BCUT2D eigenvalue weighted by Crippen LogP contribution is -2.43. The van der Waals surface area contributed by atoms with Gasteiger partial charge in [0.25, 0.3) is 0 Å². The summed E-state index contributed by atoms with van der Waals surface area (Å²) in [5.74, 6) is 1.15. The second-order valence-corrected chi connectivity index (χ2v) is 8.31. The summed E-state index contributed by atoms with van der Waals surface area (Å²) in [6, 6.07) is 8.87. The van der Waals surface area contributed by atoms with E-state index in [1.807, 2.05) is 0 Å². The van der Waals surface area contributed by atoms with Crippen molar-refractivity contribution < 1.29 is 9.47 Å². The molecule has 0 saturated carbocycles. The average Bonchev–Trinajstić information content (AvgIpc) is 2.49. The molecule has 0 unspecified atom stereocenters. The topological polar surface area (TPSA) is 18.5 Å². The van der Waals surface area contributed by atoms with Crippen LogP contribution < -0.4 is 0 Å². The van der Waals surface area contributed by atoms with Crippen molar-refractivity contribution in [1.82, 2.24) is 0 Å². The van der Waals surface area contributed by atoms with Crippen molar-refractivity contribution in [3.8, 4) is 0 Å². The van der Waals surface area contributed by atoms with Crippen molar-refractivity contribution in [2.45, 2.75) is 40.0 Å². The zero-order valence-electron chi connectivity index (χ0n) is 14.4. The lowest BCUT2D eigenvalue weighted by atomic mass is 9.69. The summed E-state index contributed by atoms with van der Waals surface area (Å²) < 4.78 is 11.5. The SMILES string of the molecule is CC1(COC2=CC(C)(C)C3=C(C2)Cc2ccccc2C3)COC1. The summed E-state index contributed by atoms with van der Waals surface area (Å²) >= 11 is 0. The zero-order chi connectivity index (χ0) is 16.1. The minimum absolute atomic E-state index is 0.0907. The van der Waals surface area contributed by atoms with Gasteiger partial charge in [-0.1, -0.05) is 56.2 Å². The first-order valence-electron chi connectivity index (χ1n) is 8.66. The van der Waals surface area contributed by atoms with Gasteiger partial charge in [-0.15, -0.1) is 0 Å². The van der Waals surface area contributed by atoms with Gasteiger partial charge in [0.1, 0.15) is 0 Å². The van der Waals surface area contributed by atoms with Gasteiger partial charge in [-0.2, -0.15) is 0 Å². The van der Waals surface area contributed by atoms with Crippen LogP contribution >= 0.6 is 0 Å². The van der Waals surface area contributed by atoms with E-state index in [1.165, 1.54) is 11.1 Å². The molecule has 1 heterocycles. The lowest BCUT2D eigenvalue weighted by molar-refractivity contribution is -0.130. The van der Waals surface area contributed by atoms with Crippen LogP contribution in [0.15, 0.2) is 47.2 Å². The van der Waals surface area contributed by atoms with E-state index in [0.29, 0.717) is 0 Å². The van der Waals surface area contributed by atoms with Gasteiger partial charge >= 0.3 is 0 Å². The van der Waals surface area contributed by atoms with Gasteiger partial charge < -0.3 is 9.47 Å². The van der Waals surface area contributed by atoms with E-state index < -0.39 is 0 Å². The molecule has 1 aromatic rings. The van der Waals surface area contributed by atoms with Crippen molar-refractivity contribution >= 4 is 0 Å². The van der Waals surface area contributed by atoms with Gasteiger partial charge in [0.15, 0.2) is 0 Å². The molecule has 1 saturated heterocycles. The standard InChI is InChI=1S/C21H26O2/c1-20(2)11-18(23-14-21(3)12-22-13-21)9-17-8-15-6-4-5-7-16(15)10-19(17)20/h4-7,11H,8-10,12-14H2,1-3H3. The molecule has 1 fully saturated rings. The fraction of sp³-hybridized carbons (Fsp3) is 0.524. The van der Waals surface area contributed by atoms with E-state index in [1.54, 1.807) is 11.1 Å². The summed E-state index contributed by atoms with van der Waals surface area (Å²) in [5, 5.41) is 0. The predicted molar refractivity (Wildman–Crippen MR) is 92.2 cm³/mol. The van der Waals surface area contributed by atoms with Crippen LogP contribution in [0, 0.1) is 10.8 Å². The molecule has 1 aliphatic heterocycles. The van der Waals surface area contributed by atoms with E-state index in [-0.39, 0.29) is 10.8 Å². The summed E-state index contributed by atoms with van der Waals surface area (Å²) in [6.07, 6.45) is 5.50. The third-order valence-electron chi connectivity index (χ3n) is 5.51. The monoisotopic (exact) mass is 310 g/mol. The van der Waals surface area contributed by atoms with Gasteiger partial charge in [0.05, 0.1) is 25.6 Å². The van der Waals surface area contributed by atoms with Gasteiger partial charge in [-0.05, 0) is 30.0 Å². The van der Waals surface area contributed by atoms with Crippen LogP contribution in [0.25, 0.3) is 0 Å².